The van der Waals surface area contributed by atoms with Gasteiger partial charge in [-0.3, -0.25) is 0 Å². The van der Waals surface area contributed by atoms with E-state index in [4.69, 9.17) is 17.0 Å². The van der Waals surface area contributed by atoms with Gasteiger partial charge in [0.05, 0.1) is 37.1 Å². The topological polar surface area (TPSA) is 45.2 Å². The van der Waals surface area contributed by atoms with E-state index in [0.29, 0.717) is 17.7 Å². The zero-order valence-electron chi connectivity index (χ0n) is 19.5. The molecule has 3 fully saturated rings. The van der Waals surface area contributed by atoms with E-state index >= 15 is 0 Å². The van der Waals surface area contributed by atoms with Crippen LogP contribution in [0.1, 0.15) is 56.6 Å². The second-order valence-electron chi connectivity index (χ2n) is 9.66. The molecule has 2 heterocycles. The van der Waals surface area contributed by atoms with Crippen LogP contribution in [0.5, 0.6) is 0 Å². The molecule has 2 radical (unpaired) electrons. The Balaban J connectivity index is 1.71. The molecule has 1 unspecified atom stereocenters. The molecule has 1 aromatic rings. The largest absolute Gasteiger partial charge is 0.409 e. The van der Waals surface area contributed by atoms with Crippen LogP contribution in [0, 0.1) is 5.92 Å². The second kappa shape index (κ2) is 11.2. The number of ether oxygens (including phenoxy) is 2. The molecule has 0 amide bonds. The molecule has 2 aliphatic heterocycles. The van der Waals surface area contributed by atoms with Crippen LogP contribution in [0.25, 0.3) is 0 Å². The Morgan fingerprint density at radius 2 is 1.59 bits per heavy atom. The van der Waals surface area contributed by atoms with E-state index in [9.17, 15) is 5.11 Å². The standard InChI is InChI=1S/C24H38BBrN2O3P/c1-30-16-18-8-6-14-27(18)32(25,28-15-7-9-19(28)17-31-2)23-13-5-11-21(23)24(29)20-10-3-4-12-22(20)26/h3-4,10,12,18-19,21,23-24,29H,5-9,11,13-17H2,1-2H3/q+1/t18-,19-,21+,23?,24+/m0/s1. The number of nitrogens with zero attached hydrogens (tertiary/aromatic N) is 2. The lowest BCUT2D eigenvalue weighted by molar-refractivity contribution is 0.106. The van der Waals surface area contributed by atoms with E-state index in [1.807, 2.05) is 24.3 Å². The summed E-state index contributed by atoms with van der Waals surface area (Å²) in [5.41, 5.74) is 1.28. The predicted octanol–water partition coefficient (Wildman–Crippen LogP) is 4.80. The van der Waals surface area contributed by atoms with E-state index in [2.05, 4.69) is 25.3 Å². The number of methoxy groups -OCH3 is 2. The summed E-state index contributed by atoms with van der Waals surface area (Å²) >= 11 is 3.67. The summed E-state index contributed by atoms with van der Waals surface area (Å²) in [6, 6.07) is 8.83. The normalized spacial score (nSPS) is 30.9. The minimum absolute atomic E-state index is 0.166. The molecule has 32 heavy (non-hydrogen) atoms. The first-order valence-electron chi connectivity index (χ1n) is 12.1. The lowest BCUT2D eigenvalue weighted by atomic mass is 9.94. The van der Waals surface area contributed by atoms with Crippen LogP contribution >= 0.6 is 23.4 Å². The highest BCUT2D eigenvalue weighted by atomic mass is 79.9. The summed E-state index contributed by atoms with van der Waals surface area (Å²) in [5.74, 6) is 0.166. The van der Waals surface area contributed by atoms with Gasteiger partial charge in [0.25, 0.3) is 0 Å². The molecule has 3 aliphatic rings. The summed E-state index contributed by atoms with van der Waals surface area (Å²) < 4.78 is 17.5. The number of rotatable bonds is 9. The van der Waals surface area contributed by atoms with Crippen LogP contribution in [0.4, 0.5) is 0 Å². The smallest absolute Gasteiger partial charge is 0.388 e. The first kappa shape index (κ1) is 25.1. The van der Waals surface area contributed by atoms with Crippen LogP contribution in [-0.2, 0) is 9.47 Å². The van der Waals surface area contributed by atoms with Gasteiger partial charge in [0.15, 0.2) is 0 Å². The Kier molecular flexibility index (Phi) is 8.75. The van der Waals surface area contributed by atoms with Gasteiger partial charge in [-0.25, -0.2) is 0 Å². The Bertz CT molecular complexity index is 736. The Morgan fingerprint density at radius 3 is 2.16 bits per heavy atom. The molecule has 5 atom stereocenters. The lowest BCUT2D eigenvalue weighted by Crippen LogP contribution is -2.49. The van der Waals surface area contributed by atoms with Crippen LogP contribution in [-0.4, -0.2) is 80.3 Å². The van der Waals surface area contributed by atoms with Crippen molar-refractivity contribution in [3.8, 4) is 0 Å². The van der Waals surface area contributed by atoms with Crippen molar-refractivity contribution >= 4 is 30.9 Å². The van der Waals surface area contributed by atoms with Gasteiger partial charge in [-0.1, -0.05) is 34.1 Å². The summed E-state index contributed by atoms with van der Waals surface area (Å²) in [6.07, 6.45) is 7.34. The molecule has 1 aromatic carbocycles. The fourth-order valence-electron chi connectivity index (χ4n) is 6.49. The van der Waals surface area contributed by atoms with Gasteiger partial charge in [-0.15, -0.1) is 0 Å². The summed E-state index contributed by atoms with van der Waals surface area (Å²) in [7, 11) is 9.13. The van der Waals surface area contributed by atoms with Gasteiger partial charge in [-0.05, 0) is 56.6 Å². The number of benzene rings is 1. The third-order valence-corrected chi connectivity index (χ3v) is 12.9. The molecule has 1 aliphatic carbocycles. The Morgan fingerprint density at radius 1 is 1.00 bits per heavy atom. The highest BCUT2D eigenvalue weighted by molar-refractivity contribution is 9.10. The van der Waals surface area contributed by atoms with E-state index in [1.165, 1.54) is 12.8 Å². The zero-order chi connectivity index (χ0) is 22.7. The van der Waals surface area contributed by atoms with Gasteiger partial charge in [0.1, 0.15) is 7.44 Å². The maximum atomic E-state index is 11.6. The third kappa shape index (κ3) is 4.73. The minimum Gasteiger partial charge on any atom is -0.388 e. The first-order chi connectivity index (χ1) is 15.5. The number of hydrogen-bond acceptors (Lipinski definition) is 5. The average molecular weight is 524 g/mol. The molecule has 5 nitrogen and oxygen atoms in total. The van der Waals surface area contributed by atoms with E-state index < -0.39 is 13.5 Å². The molecule has 0 bridgehead atoms. The fourth-order valence-corrected chi connectivity index (χ4v) is 11.8. The second-order valence-corrected chi connectivity index (χ2v) is 13.6. The average Bonchev–Trinajstić information content (AvgIpc) is 3.55. The number of hydrogen-bond donors (Lipinski definition) is 1. The molecule has 1 saturated carbocycles. The van der Waals surface area contributed by atoms with Crippen molar-refractivity contribution in [2.24, 2.45) is 5.92 Å². The van der Waals surface area contributed by atoms with Crippen molar-refractivity contribution in [3.63, 3.8) is 0 Å². The van der Waals surface area contributed by atoms with Crippen molar-refractivity contribution in [1.29, 1.82) is 0 Å². The summed E-state index contributed by atoms with van der Waals surface area (Å²) in [4.78, 5) is 0. The maximum Gasteiger partial charge on any atom is 0.409 e. The first-order valence-corrected chi connectivity index (χ1v) is 14.8. The minimum atomic E-state index is -2.20. The van der Waals surface area contributed by atoms with Crippen molar-refractivity contribution in [1.82, 2.24) is 9.34 Å². The number of halogens is 1. The van der Waals surface area contributed by atoms with Crippen LogP contribution in [0.15, 0.2) is 28.7 Å². The molecule has 4 rings (SSSR count). The van der Waals surface area contributed by atoms with Crippen LogP contribution in [0.3, 0.4) is 0 Å². The number of aliphatic hydroxyl groups is 1. The molecule has 8 heteroatoms. The van der Waals surface area contributed by atoms with E-state index in [0.717, 1.165) is 68.4 Å². The quantitative estimate of drug-likeness (QED) is 0.372. The molecule has 2 saturated heterocycles. The van der Waals surface area contributed by atoms with Gasteiger partial charge < -0.3 is 14.6 Å². The van der Waals surface area contributed by atoms with Gasteiger partial charge in [0, 0.05) is 37.7 Å². The fraction of sp³-hybridized carbons (Fsp3) is 0.750. The summed E-state index contributed by atoms with van der Waals surface area (Å²) in [5, 5.41) is 11.6. The van der Waals surface area contributed by atoms with Gasteiger partial charge in [-0.2, -0.15) is 9.34 Å². The summed E-state index contributed by atoms with van der Waals surface area (Å²) in [6.45, 7) is 3.52. The molecule has 1 N–H and O–H groups in total. The molecule has 0 aromatic heterocycles. The predicted molar refractivity (Wildman–Crippen MR) is 136 cm³/mol. The monoisotopic (exact) mass is 523 g/mol. The molecular formula is C24H38BBrN2O3P+. The Hall–Kier alpha value is -0.00506. The van der Waals surface area contributed by atoms with Crippen molar-refractivity contribution in [2.45, 2.75) is 68.8 Å². The van der Waals surface area contributed by atoms with Crippen molar-refractivity contribution < 1.29 is 14.6 Å². The molecule has 0 spiro atoms. The SMILES string of the molecule is [B][P+](C1CCC[C@H]1[C@H](O)c1ccccc1Br)(N1CCC[C@H]1COC)N1CCC[C@H]1COC. The highest BCUT2D eigenvalue weighted by Gasteiger charge is 2.62. The lowest BCUT2D eigenvalue weighted by Gasteiger charge is -2.48. The van der Waals surface area contributed by atoms with E-state index in [-0.39, 0.29) is 5.92 Å². The van der Waals surface area contributed by atoms with E-state index in [1.54, 1.807) is 14.2 Å². The third-order valence-electron chi connectivity index (χ3n) is 7.88. The van der Waals surface area contributed by atoms with Crippen LogP contribution in [0.2, 0.25) is 0 Å². The van der Waals surface area contributed by atoms with Crippen LogP contribution < -0.4 is 0 Å². The zero-order valence-corrected chi connectivity index (χ0v) is 22.0. The van der Waals surface area contributed by atoms with Gasteiger partial charge in [0.2, 0.25) is 0 Å². The maximum absolute atomic E-state index is 11.6. The number of aliphatic hydroxyl groups excluding tert-OH is 1. The van der Waals surface area contributed by atoms with Crippen molar-refractivity contribution in [2.75, 3.05) is 40.5 Å². The highest BCUT2D eigenvalue weighted by Crippen LogP contribution is 2.73. The Labute approximate surface area is 204 Å². The molecular weight excluding hydrogens is 486 g/mol. The van der Waals surface area contributed by atoms with Crippen molar-refractivity contribution in [3.05, 3.63) is 34.3 Å². The van der Waals surface area contributed by atoms with Gasteiger partial charge >= 0.3 is 7.57 Å². The molecule has 176 valence electrons.